The van der Waals surface area contributed by atoms with Crippen molar-refractivity contribution < 1.29 is 27.6 Å². The maximum absolute atomic E-state index is 12.1. The van der Waals surface area contributed by atoms with E-state index in [2.05, 4.69) is 9.97 Å². The Morgan fingerprint density at radius 1 is 1.08 bits per heavy atom. The first-order valence-electron chi connectivity index (χ1n) is 6.52. The Labute approximate surface area is 135 Å². The highest BCUT2D eigenvalue weighted by atomic mass is 32.2. The summed E-state index contributed by atoms with van der Waals surface area (Å²) in [4.78, 5) is 48.1. The number of amides is 2. The Morgan fingerprint density at radius 2 is 1.67 bits per heavy atom. The van der Waals surface area contributed by atoms with E-state index in [-0.39, 0.29) is 11.1 Å². The molecule has 1 aliphatic rings. The molecule has 2 aromatic rings. The maximum Gasteiger partial charge on any atom is 0.382 e. The second-order valence-electron chi connectivity index (χ2n) is 4.83. The highest BCUT2D eigenvalue weighted by Crippen LogP contribution is 2.23. The van der Waals surface area contributed by atoms with Crippen LogP contribution in [0.25, 0.3) is 0 Å². The zero-order valence-corrected chi connectivity index (χ0v) is 13.0. The van der Waals surface area contributed by atoms with Crippen molar-refractivity contribution in [3.63, 3.8) is 0 Å². The smallest absolute Gasteiger partial charge is 0.323 e. The van der Waals surface area contributed by atoms with Crippen LogP contribution in [0.4, 0.5) is 0 Å². The highest BCUT2D eigenvalue weighted by molar-refractivity contribution is 7.90. The van der Waals surface area contributed by atoms with Crippen LogP contribution < -0.4 is 0 Å². The minimum Gasteiger partial charge on any atom is -0.323 e. The first kappa shape index (κ1) is 15.7. The minimum absolute atomic E-state index is 0.106. The lowest BCUT2D eigenvalue weighted by atomic mass is 10.1. The average Bonchev–Trinajstić information content (AvgIpc) is 2.80. The van der Waals surface area contributed by atoms with Crippen molar-refractivity contribution in [3.05, 3.63) is 53.3 Å². The van der Waals surface area contributed by atoms with E-state index in [1.54, 1.807) is 12.1 Å². The first-order chi connectivity index (χ1) is 11.3. The molecule has 0 fully saturated rings. The van der Waals surface area contributed by atoms with Crippen molar-refractivity contribution in [3.8, 4) is 0 Å². The number of benzene rings is 1. The molecule has 0 radical (unpaired) electrons. The van der Waals surface area contributed by atoms with Crippen LogP contribution in [-0.2, 0) is 14.7 Å². The molecule has 3 rings (SSSR count). The Bertz CT molecular complexity index is 951. The lowest BCUT2D eigenvalue weighted by Crippen LogP contribution is -2.33. The fourth-order valence-corrected chi connectivity index (χ4v) is 2.53. The van der Waals surface area contributed by atoms with Gasteiger partial charge in [-0.25, -0.2) is 23.2 Å². The quantitative estimate of drug-likeness (QED) is 0.571. The van der Waals surface area contributed by atoms with Crippen molar-refractivity contribution >= 4 is 27.6 Å². The summed E-state index contributed by atoms with van der Waals surface area (Å²) in [5.41, 5.74) is -0.188. The van der Waals surface area contributed by atoms with Gasteiger partial charge in [0.25, 0.3) is 11.8 Å². The van der Waals surface area contributed by atoms with Gasteiger partial charge in [0, 0.05) is 12.5 Å². The molecule has 122 valence electrons. The third kappa shape index (κ3) is 2.63. The van der Waals surface area contributed by atoms with Crippen LogP contribution in [0, 0.1) is 0 Å². The zero-order valence-electron chi connectivity index (χ0n) is 12.2. The summed E-state index contributed by atoms with van der Waals surface area (Å²) in [5.74, 6) is -2.74. The van der Waals surface area contributed by atoms with Gasteiger partial charge in [0.05, 0.1) is 11.1 Å². The normalized spacial score (nSPS) is 13.8. The number of hydroxylamine groups is 2. The summed E-state index contributed by atoms with van der Waals surface area (Å²) in [6.07, 6.45) is 1.93. The summed E-state index contributed by atoms with van der Waals surface area (Å²) in [6, 6.07) is 7.09. The van der Waals surface area contributed by atoms with Gasteiger partial charge in [-0.05, 0) is 18.2 Å². The maximum atomic E-state index is 12.1. The summed E-state index contributed by atoms with van der Waals surface area (Å²) >= 11 is 0. The molecule has 10 heteroatoms. The van der Waals surface area contributed by atoms with Gasteiger partial charge in [-0.1, -0.05) is 17.2 Å². The molecule has 0 atom stereocenters. The van der Waals surface area contributed by atoms with Gasteiger partial charge >= 0.3 is 5.97 Å². The van der Waals surface area contributed by atoms with Gasteiger partial charge in [-0.15, -0.1) is 0 Å². The highest BCUT2D eigenvalue weighted by Gasteiger charge is 2.39. The topological polar surface area (TPSA) is 124 Å². The molecule has 0 saturated carbocycles. The molecular weight excluding hydrogens is 338 g/mol. The summed E-state index contributed by atoms with van der Waals surface area (Å²) in [6.45, 7) is 0. The van der Waals surface area contributed by atoms with Gasteiger partial charge in [0.15, 0.2) is 5.69 Å². The number of nitrogens with zero attached hydrogens (tertiary/aromatic N) is 3. The fraction of sp³-hybridized carbons (Fsp3) is 0.0714. The van der Waals surface area contributed by atoms with Crippen molar-refractivity contribution in [1.82, 2.24) is 15.0 Å². The van der Waals surface area contributed by atoms with E-state index in [1.165, 1.54) is 12.1 Å². The molecule has 0 N–H and O–H groups in total. The van der Waals surface area contributed by atoms with Crippen LogP contribution in [0.15, 0.2) is 41.7 Å². The number of hydrogen-bond donors (Lipinski definition) is 0. The predicted molar refractivity (Wildman–Crippen MR) is 77.5 cm³/mol. The predicted octanol–water partition coefficient (Wildman–Crippen LogP) is 0.248. The van der Waals surface area contributed by atoms with E-state index in [0.29, 0.717) is 5.06 Å². The van der Waals surface area contributed by atoms with Crippen LogP contribution in [-0.4, -0.2) is 47.5 Å². The van der Waals surface area contributed by atoms with Gasteiger partial charge in [-0.2, -0.15) is 0 Å². The Morgan fingerprint density at radius 3 is 2.21 bits per heavy atom. The number of carbonyl (C=O) groups excluding carboxylic acids is 3. The Hall–Kier alpha value is -3.14. The molecule has 1 aliphatic heterocycles. The molecule has 2 amide bonds. The zero-order chi connectivity index (χ0) is 17.5. The molecule has 0 aliphatic carbocycles. The molecule has 0 spiro atoms. The average molecular weight is 347 g/mol. The number of imide groups is 1. The third-order valence-corrected chi connectivity index (χ3v) is 3.97. The van der Waals surface area contributed by atoms with Crippen LogP contribution in [0.1, 0.15) is 31.2 Å². The van der Waals surface area contributed by atoms with E-state index >= 15 is 0 Å². The van der Waals surface area contributed by atoms with Crippen LogP contribution >= 0.6 is 0 Å². The summed E-state index contributed by atoms with van der Waals surface area (Å²) < 4.78 is 22.8. The number of sulfone groups is 1. The monoisotopic (exact) mass is 347 g/mol. The number of aromatic nitrogens is 2. The van der Waals surface area contributed by atoms with Crippen LogP contribution in [0.5, 0.6) is 0 Å². The Kier molecular flexibility index (Phi) is 3.60. The van der Waals surface area contributed by atoms with Crippen LogP contribution in [0.3, 0.4) is 0 Å². The van der Waals surface area contributed by atoms with E-state index in [1.807, 2.05) is 0 Å². The lowest BCUT2D eigenvalue weighted by molar-refractivity contribution is -0.0589. The lowest BCUT2D eigenvalue weighted by Gasteiger charge is -2.12. The number of carbonyl (C=O) groups is 3. The standard InChI is InChI=1S/C14H9N3O6S/c1-24(21,22)14-15-7-6-10(16-14)13(20)23-17-11(18)8-4-2-3-5-9(8)12(17)19/h2-7H,1H3. The minimum atomic E-state index is -3.73. The van der Waals surface area contributed by atoms with Crippen molar-refractivity contribution in [2.24, 2.45) is 0 Å². The second-order valence-corrected chi connectivity index (χ2v) is 6.74. The summed E-state index contributed by atoms with van der Waals surface area (Å²) in [5, 5.41) is -0.255. The van der Waals surface area contributed by atoms with Crippen molar-refractivity contribution in [2.45, 2.75) is 5.16 Å². The molecule has 2 heterocycles. The van der Waals surface area contributed by atoms with Gasteiger partial charge < -0.3 is 4.84 Å². The molecule has 0 saturated heterocycles. The Balaban J connectivity index is 1.87. The van der Waals surface area contributed by atoms with Gasteiger partial charge in [-0.3, -0.25) is 9.59 Å². The third-order valence-electron chi connectivity index (χ3n) is 3.11. The first-order valence-corrected chi connectivity index (χ1v) is 8.41. The summed E-state index contributed by atoms with van der Waals surface area (Å²) in [7, 11) is -3.73. The molecule has 9 nitrogen and oxygen atoms in total. The van der Waals surface area contributed by atoms with E-state index in [4.69, 9.17) is 4.84 Å². The van der Waals surface area contributed by atoms with E-state index < -0.39 is 38.5 Å². The molecule has 0 bridgehead atoms. The molecule has 1 aromatic carbocycles. The number of hydrogen-bond acceptors (Lipinski definition) is 8. The molecular formula is C14H9N3O6S. The van der Waals surface area contributed by atoms with E-state index in [0.717, 1.165) is 18.5 Å². The largest absolute Gasteiger partial charge is 0.382 e. The van der Waals surface area contributed by atoms with Gasteiger partial charge in [0.1, 0.15) is 0 Å². The van der Waals surface area contributed by atoms with E-state index in [9.17, 15) is 22.8 Å². The fourth-order valence-electron chi connectivity index (χ4n) is 2.01. The van der Waals surface area contributed by atoms with Crippen molar-refractivity contribution in [2.75, 3.05) is 6.26 Å². The SMILES string of the molecule is CS(=O)(=O)c1nccc(C(=O)ON2C(=O)c3ccccc3C2=O)n1. The second kappa shape index (κ2) is 5.49. The number of rotatable bonds is 3. The molecule has 0 unspecified atom stereocenters. The molecule has 24 heavy (non-hydrogen) atoms. The van der Waals surface area contributed by atoms with Crippen LogP contribution in [0.2, 0.25) is 0 Å². The van der Waals surface area contributed by atoms with Gasteiger partial charge in [0.2, 0.25) is 15.0 Å². The van der Waals surface area contributed by atoms with Crippen molar-refractivity contribution in [1.29, 1.82) is 0 Å². The number of fused-ring (bicyclic) bond motifs is 1. The molecule has 1 aromatic heterocycles.